The summed E-state index contributed by atoms with van der Waals surface area (Å²) in [6.45, 7) is 5.37. The molecule has 10 heteroatoms. The number of amides is 2. The van der Waals surface area contributed by atoms with Gasteiger partial charge < -0.3 is 23.6 Å². The monoisotopic (exact) mass is 424 g/mol. The number of nitrogens with zero attached hydrogens (tertiary/aromatic N) is 6. The third-order valence-corrected chi connectivity index (χ3v) is 6.10. The van der Waals surface area contributed by atoms with Gasteiger partial charge in [0.1, 0.15) is 17.5 Å². The third-order valence-electron chi connectivity index (χ3n) is 6.10. The van der Waals surface area contributed by atoms with Crippen LogP contribution in [0.1, 0.15) is 29.1 Å². The van der Waals surface area contributed by atoms with Crippen LogP contribution < -0.4 is 4.90 Å². The van der Waals surface area contributed by atoms with E-state index >= 15 is 0 Å². The first-order valence-electron chi connectivity index (χ1n) is 10.6. The van der Waals surface area contributed by atoms with Gasteiger partial charge in [-0.15, -0.1) is 0 Å². The van der Waals surface area contributed by atoms with E-state index in [2.05, 4.69) is 20.0 Å². The van der Waals surface area contributed by atoms with Crippen LogP contribution in [-0.2, 0) is 4.79 Å². The molecule has 2 saturated heterocycles. The van der Waals surface area contributed by atoms with E-state index in [1.54, 1.807) is 17.0 Å². The largest absolute Gasteiger partial charge is 0.459 e. The molecule has 5 heterocycles. The maximum absolute atomic E-state index is 13.2. The van der Waals surface area contributed by atoms with E-state index in [9.17, 15) is 9.59 Å². The van der Waals surface area contributed by atoms with Crippen LogP contribution in [-0.4, -0.2) is 76.0 Å². The van der Waals surface area contributed by atoms with E-state index in [4.69, 9.17) is 8.94 Å². The van der Waals surface area contributed by atoms with E-state index in [0.29, 0.717) is 44.2 Å². The van der Waals surface area contributed by atoms with E-state index in [0.717, 1.165) is 36.3 Å². The van der Waals surface area contributed by atoms with Crippen molar-refractivity contribution >= 4 is 28.7 Å². The van der Waals surface area contributed by atoms with Crippen molar-refractivity contribution in [2.24, 2.45) is 5.92 Å². The van der Waals surface area contributed by atoms with Crippen LogP contribution in [0.2, 0.25) is 0 Å². The maximum Gasteiger partial charge on any atom is 0.289 e. The van der Waals surface area contributed by atoms with Crippen LogP contribution in [0.5, 0.6) is 0 Å². The molecule has 0 radical (unpaired) electrons. The summed E-state index contributed by atoms with van der Waals surface area (Å²) in [5.41, 5.74) is 1.21. The summed E-state index contributed by atoms with van der Waals surface area (Å²) in [6, 6.07) is 3.37. The van der Waals surface area contributed by atoms with Gasteiger partial charge in [0, 0.05) is 39.3 Å². The third kappa shape index (κ3) is 3.62. The highest BCUT2D eigenvalue weighted by molar-refractivity contribution is 5.92. The number of fused-ring (bicyclic) bond motifs is 1. The zero-order valence-electron chi connectivity index (χ0n) is 17.4. The quantitative estimate of drug-likeness (QED) is 0.625. The van der Waals surface area contributed by atoms with Gasteiger partial charge in [0.2, 0.25) is 5.91 Å². The topological polar surface area (TPSA) is 109 Å². The van der Waals surface area contributed by atoms with Crippen LogP contribution in [0.15, 0.2) is 33.7 Å². The lowest BCUT2D eigenvalue weighted by Gasteiger charge is -2.39. The van der Waals surface area contributed by atoms with Crippen LogP contribution >= 0.6 is 0 Å². The molecule has 0 aliphatic carbocycles. The van der Waals surface area contributed by atoms with Crippen LogP contribution in [0.25, 0.3) is 11.1 Å². The number of rotatable bonds is 3. The summed E-state index contributed by atoms with van der Waals surface area (Å²) in [5.74, 6) is 1.02. The number of anilines is 1. The van der Waals surface area contributed by atoms with E-state index < -0.39 is 0 Å². The molecule has 0 unspecified atom stereocenters. The molecule has 10 nitrogen and oxygen atoms in total. The number of furan rings is 1. The Bertz CT molecular complexity index is 1090. The Hall–Kier alpha value is -3.43. The summed E-state index contributed by atoms with van der Waals surface area (Å²) in [4.78, 5) is 40.0. The molecule has 0 aromatic carbocycles. The Balaban J connectivity index is 1.24. The minimum absolute atomic E-state index is 0.105. The Labute approximate surface area is 178 Å². The van der Waals surface area contributed by atoms with Gasteiger partial charge in [-0.2, -0.15) is 4.98 Å². The van der Waals surface area contributed by atoms with Crippen LogP contribution in [0.4, 0.5) is 5.82 Å². The average Bonchev–Trinajstić information content (AvgIpc) is 3.49. The van der Waals surface area contributed by atoms with Gasteiger partial charge in [-0.05, 0) is 31.9 Å². The van der Waals surface area contributed by atoms with Crippen molar-refractivity contribution in [1.29, 1.82) is 0 Å². The lowest BCUT2D eigenvalue weighted by atomic mass is 9.96. The first-order chi connectivity index (χ1) is 15.1. The normalized spacial score (nSPS) is 19.8. The lowest BCUT2D eigenvalue weighted by Crippen LogP contribution is -2.53. The van der Waals surface area contributed by atoms with E-state index in [-0.39, 0.29) is 17.7 Å². The molecule has 162 valence electrons. The number of carbonyl (C=O) groups excluding carboxylic acids is 2. The predicted molar refractivity (Wildman–Crippen MR) is 110 cm³/mol. The zero-order chi connectivity index (χ0) is 21.4. The molecule has 0 bridgehead atoms. The second kappa shape index (κ2) is 8.01. The van der Waals surface area contributed by atoms with Gasteiger partial charge in [0.25, 0.3) is 11.6 Å². The molecule has 2 aliphatic rings. The zero-order valence-corrected chi connectivity index (χ0v) is 17.4. The summed E-state index contributed by atoms with van der Waals surface area (Å²) >= 11 is 0. The molecule has 0 spiro atoms. The first kappa shape index (κ1) is 19.5. The number of hydrogen-bond acceptors (Lipinski definition) is 8. The molecule has 1 atom stereocenters. The average molecular weight is 424 g/mol. The van der Waals surface area contributed by atoms with Crippen molar-refractivity contribution in [1.82, 2.24) is 24.9 Å². The van der Waals surface area contributed by atoms with Gasteiger partial charge in [-0.25, -0.2) is 4.98 Å². The SMILES string of the molecule is Cc1noc2ncnc(N3CCC[C@H](C(=O)N4CCN(C(=O)c5ccco5)CC4)C3)c12. The summed E-state index contributed by atoms with van der Waals surface area (Å²) in [7, 11) is 0. The number of carbonyl (C=O) groups is 2. The van der Waals surface area contributed by atoms with Gasteiger partial charge in [-0.3, -0.25) is 9.59 Å². The Morgan fingerprint density at radius 2 is 1.90 bits per heavy atom. The van der Waals surface area contributed by atoms with Crippen molar-refractivity contribution < 1.29 is 18.5 Å². The number of aromatic nitrogens is 3. The van der Waals surface area contributed by atoms with Gasteiger partial charge in [0.15, 0.2) is 5.76 Å². The smallest absolute Gasteiger partial charge is 0.289 e. The fourth-order valence-corrected chi connectivity index (χ4v) is 4.46. The Kier molecular flexibility index (Phi) is 5.05. The van der Waals surface area contributed by atoms with E-state index in [1.165, 1.54) is 12.6 Å². The lowest BCUT2D eigenvalue weighted by molar-refractivity contribution is -0.137. The summed E-state index contributed by atoms with van der Waals surface area (Å²) in [6.07, 6.45) is 4.72. The molecule has 0 saturated carbocycles. The molecule has 2 aliphatic heterocycles. The molecule has 3 aromatic rings. The summed E-state index contributed by atoms with van der Waals surface area (Å²) < 4.78 is 10.5. The molecule has 5 rings (SSSR count). The number of hydrogen-bond donors (Lipinski definition) is 0. The van der Waals surface area contributed by atoms with Crippen molar-refractivity contribution in [3.8, 4) is 0 Å². The minimum atomic E-state index is -0.127. The maximum atomic E-state index is 13.2. The molecular weight excluding hydrogens is 400 g/mol. The number of aryl methyl sites for hydroxylation is 1. The highest BCUT2D eigenvalue weighted by Gasteiger charge is 2.33. The highest BCUT2D eigenvalue weighted by Crippen LogP contribution is 2.30. The highest BCUT2D eigenvalue weighted by atomic mass is 16.5. The van der Waals surface area contributed by atoms with Gasteiger partial charge >= 0.3 is 0 Å². The van der Waals surface area contributed by atoms with Crippen molar-refractivity contribution in [2.45, 2.75) is 19.8 Å². The Morgan fingerprint density at radius 1 is 1.10 bits per heavy atom. The fraction of sp³-hybridized carbons (Fsp3) is 0.476. The number of piperidine rings is 1. The molecule has 3 aromatic heterocycles. The van der Waals surface area contributed by atoms with E-state index in [1.807, 2.05) is 11.8 Å². The van der Waals surface area contributed by atoms with Crippen LogP contribution in [0.3, 0.4) is 0 Å². The van der Waals surface area contributed by atoms with Crippen molar-refractivity contribution in [3.63, 3.8) is 0 Å². The fourth-order valence-electron chi connectivity index (χ4n) is 4.46. The van der Waals surface area contributed by atoms with Gasteiger partial charge in [0.05, 0.1) is 17.9 Å². The summed E-state index contributed by atoms with van der Waals surface area (Å²) in [5, 5.41) is 4.81. The minimum Gasteiger partial charge on any atom is -0.459 e. The van der Waals surface area contributed by atoms with Crippen LogP contribution in [0, 0.1) is 12.8 Å². The molecule has 2 amide bonds. The molecule has 2 fully saturated rings. The number of piperazine rings is 1. The second-order valence-electron chi connectivity index (χ2n) is 8.03. The second-order valence-corrected chi connectivity index (χ2v) is 8.03. The molecule has 31 heavy (non-hydrogen) atoms. The Morgan fingerprint density at radius 3 is 2.68 bits per heavy atom. The molecule has 0 N–H and O–H groups in total. The first-order valence-corrected chi connectivity index (χ1v) is 10.6. The van der Waals surface area contributed by atoms with Gasteiger partial charge in [-0.1, -0.05) is 5.16 Å². The van der Waals surface area contributed by atoms with Crippen molar-refractivity contribution in [2.75, 3.05) is 44.2 Å². The standard InChI is InChI=1S/C21H24N6O4/c1-14-17-18(22-13-23-19(17)31-24-14)27-6-2-4-15(12-27)20(28)25-7-9-26(10-8-25)21(29)16-5-3-11-30-16/h3,5,11,13,15H,2,4,6-10,12H2,1H3/t15-/m0/s1. The van der Waals surface area contributed by atoms with Crippen molar-refractivity contribution in [3.05, 3.63) is 36.2 Å². The molecular formula is C21H24N6O4. The predicted octanol–water partition coefficient (Wildman–Crippen LogP) is 1.72.